The number of nitrogens with zero attached hydrogens (tertiary/aromatic N) is 1. The molecule has 0 spiro atoms. The van der Waals surface area contributed by atoms with Crippen LogP contribution in [-0.2, 0) is 4.79 Å². The molecule has 1 heterocycles. The Morgan fingerprint density at radius 1 is 1.41 bits per heavy atom. The van der Waals surface area contributed by atoms with Crippen molar-refractivity contribution in [1.82, 2.24) is 10.3 Å². The van der Waals surface area contributed by atoms with Crippen LogP contribution in [0.3, 0.4) is 0 Å². The molecule has 1 amide bonds. The van der Waals surface area contributed by atoms with E-state index in [-0.39, 0.29) is 11.7 Å². The van der Waals surface area contributed by atoms with Gasteiger partial charge in [0.15, 0.2) is 0 Å². The van der Waals surface area contributed by atoms with E-state index in [1.54, 1.807) is 13.1 Å². The summed E-state index contributed by atoms with van der Waals surface area (Å²) in [6.45, 7) is 0. The molecule has 1 aliphatic carbocycles. The van der Waals surface area contributed by atoms with E-state index in [0.29, 0.717) is 5.92 Å². The van der Waals surface area contributed by atoms with Gasteiger partial charge in [-0.15, -0.1) is 0 Å². The Morgan fingerprint density at radius 2 is 2.12 bits per heavy atom. The first kappa shape index (κ1) is 13.6. The zero-order chi connectivity index (χ0) is 12.5. The number of carbonyl (C=O) groups is 1. The fraction of sp³-hybridized carbons (Fsp3) is 0.538. The summed E-state index contributed by atoms with van der Waals surface area (Å²) in [5.74, 6) is 0.265. The molecule has 0 radical (unpaired) electrons. The van der Waals surface area contributed by atoms with Crippen LogP contribution in [-0.4, -0.2) is 17.9 Å². The molecule has 1 fully saturated rings. The van der Waals surface area contributed by atoms with Crippen molar-refractivity contribution in [1.29, 1.82) is 0 Å². The summed E-state index contributed by atoms with van der Waals surface area (Å²) in [4.78, 5) is 14.6. The van der Waals surface area contributed by atoms with E-state index in [1.807, 2.05) is 0 Å². The molecule has 94 valence electrons. The molecule has 1 saturated carbocycles. The van der Waals surface area contributed by atoms with Crippen molar-refractivity contribution in [3.05, 3.63) is 30.3 Å². The molecule has 1 aromatic heterocycles. The van der Waals surface area contributed by atoms with Gasteiger partial charge in [-0.05, 0) is 25.0 Å². The number of pyridine rings is 1. The lowest BCUT2D eigenvalue weighted by molar-refractivity contribution is -0.125. The molecule has 0 unspecified atom stereocenters. The van der Waals surface area contributed by atoms with Crippen molar-refractivity contribution in [2.24, 2.45) is 5.92 Å². The molecule has 0 saturated heterocycles. The van der Waals surface area contributed by atoms with Gasteiger partial charge in [0, 0.05) is 19.2 Å². The van der Waals surface area contributed by atoms with Crippen LogP contribution < -0.4 is 5.32 Å². The molecular formula is C13H19FN2O. The second-order valence-electron chi connectivity index (χ2n) is 4.12. The third-order valence-corrected chi connectivity index (χ3v) is 2.85. The van der Waals surface area contributed by atoms with E-state index in [4.69, 9.17) is 0 Å². The van der Waals surface area contributed by atoms with Crippen LogP contribution in [0.5, 0.6) is 0 Å². The van der Waals surface area contributed by atoms with Gasteiger partial charge in [-0.3, -0.25) is 9.78 Å². The van der Waals surface area contributed by atoms with Crippen LogP contribution in [0.2, 0.25) is 0 Å². The second-order valence-corrected chi connectivity index (χ2v) is 4.12. The van der Waals surface area contributed by atoms with E-state index in [0.717, 1.165) is 12.8 Å². The molecule has 0 bridgehead atoms. The van der Waals surface area contributed by atoms with Gasteiger partial charge >= 0.3 is 0 Å². The maximum Gasteiger partial charge on any atom is 0.222 e. The lowest BCUT2D eigenvalue weighted by Crippen LogP contribution is -2.28. The lowest BCUT2D eigenvalue weighted by atomic mass is 9.89. The molecule has 1 aromatic rings. The van der Waals surface area contributed by atoms with Gasteiger partial charge in [-0.1, -0.05) is 19.3 Å². The molecule has 4 heteroatoms. The van der Waals surface area contributed by atoms with Crippen molar-refractivity contribution in [3.63, 3.8) is 0 Å². The number of halogens is 1. The Labute approximate surface area is 101 Å². The molecule has 1 N–H and O–H groups in total. The van der Waals surface area contributed by atoms with Gasteiger partial charge < -0.3 is 5.32 Å². The average molecular weight is 238 g/mol. The van der Waals surface area contributed by atoms with Gasteiger partial charge in [0.05, 0.1) is 6.20 Å². The molecule has 17 heavy (non-hydrogen) atoms. The SMILES string of the molecule is CNC(=O)C1CCCCC1.Fc1cccnc1. The smallest absolute Gasteiger partial charge is 0.222 e. The number of rotatable bonds is 1. The van der Waals surface area contributed by atoms with Crippen LogP contribution >= 0.6 is 0 Å². The van der Waals surface area contributed by atoms with Crippen LogP contribution in [0, 0.1) is 11.7 Å². The summed E-state index contributed by atoms with van der Waals surface area (Å²) in [6.07, 6.45) is 8.67. The maximum absolute atomic E-state index is 11.8. The predicted molar refractivity (Wildman–Crippen MR) is 64.8 cm³/mol. The van der Waals surface area contributed by atoms with Gasteiger partial charge in [0.2, 0.25) is 5.91 Å². The minimum Gasteiger partial charge on any atom is -0.359 e. The first-order chi connectivity index (χ1) is 8.24. The van der Waals surface area contributed by atoms with Crippen LogP contribution in [0.25, 0.3) is 0 Å². The fourth-order valence-corrected chi connectivity index (χ4v) is 1.91. The van der Waals surface area contributed by atoms with Crippen molar-refractivity contribution in [2.45, 2.75) is 32.1 Å². The van der Waals surface area contributed by atoms with Gasteiger partial charge in [0.1, 0.15) is 5.82 Å². The Hall–Kier alpha value is -1.45. The second kappa shape index (κ2) is 7.76. The third-order valence-electron chi connectivity index (χ3n) is 2.85. The maximum atomic E-state index is 11.8. The van der Waals surface area contributed by atoms with Crippen LogP contribution in [0.4, 0.5) is 4.39 Å². The standard InChI is InChI=1S/C8H15NO.C5H4FN/c1-9-8(10)7-5-3-2-4-6-7;6-5-2-1-3-7-4-5/h7H,2-6H2,1H3,(H,9,10);1-4H. The van der Waals surface area contributed by atoms with E-state index in [9.17, 15) is 9.18 Å². The minimum absolute atomic E-state index is 0.236. The van der Waals surface area contributed by atoms with Gasteiger partial charge in [-0.2, -0.15) is 0 Å². The van der Waals surface area contributed by atoms with Crippen LogP contribution in [0.15, 0.2) is 24.5 Å². The van der Waals surface area contributed by atoms with Crippen molar-refractivity contribution >= 4 is 5.91 Å². The quantitative estimate of drug-likeness (QED) is 0.817. The van der Waals surface area contributed by atoms with Crippen molar-refractivity contribution in [2.75, 3.05) is 7.05 Å². The normalized spacial score (nSPS) is 15.6. The topological polar surface area (TPSA) is 42.0 Å². The van der Waals surface area contributed by atoms with E-state index >= 15 is 0 Å². The molecule has 3 nitrogen and oxygen atoms in total. The number of hydrogen-bond donors (Lipinski definition) is 1. The lowest BCUT2D eigenvalue weighted by Gasteiger charge is -2.19. The highest BCUT2D eigenvalue weighted by molar-refractivity contribution is 5.78. The summed E-state index contributed by atoms with van der Waals surface area (Å²) >= 11 is 0. The Kier molecular flexibility index (Phi) is 6.22. The first-order valence-corrected chi connectivity index (χ1v) is 6.01. The molecule has 0 aliphatic heterocycles. The highest BCUT2D eigenvalue weighted by Crippen LogP contribution is 2.23. The summed E-state index contributed by atoms with van der Waals surface area (Å²) in [5, 5.41) is 2.70. The minimum atomic E-state index is -0.289. The number of aromatic nitrogens is 1. The van der Waals surface area contributed by atoms with Crippen molar-refractivity contribution in [3.8, 4) is 0 Å². The molecule has 0 aromatic carbocycles. The van der Waals surface area contributed by atoms with E-state index in [1.165, 1.54) is 37.7 Å². The Morgan fingerprint density at radius 3 is 2.53 bits per heavy atom. The zero-order valence-corrected chi connectivity index (χ0v) is 10.2. The first-order valence-electron chi connectivity index (χ1n) is 6.01. The summed E-state index contributed by atoms with van der Waals surface area (Å²) in [6, 6.07) is 2.91. The van der Waals surface area contributed by atoms with Crippen LogP contribution in [0.1, 0.15) is 32.1 Å². The molecule has 2 rings (SSSR count). The summed E-state index contributed by atoms with van der Waals surface area (Å²) < 4.78 is 11.8. The molecule has 1 aliphatic rings. The Balaban J connectivity index is 0.000000181. The van der Waals surface area contributed by atoms with Gasteiger partial charge in [0.25, 0.3) is 0 Å². The monoisotopic (exact) mass is 238 g/mol. The largest absolute Gasteiger partial charge is 0.359 e. The predicted octanol–water partition coefficient (Wildman–Crippen LogP) is 2.53. The highest BCUT2D eigenvalue weighted by atomic mass is 19.1. The summed E-state index contributed by atoms with van der Waals surface area (Å²) in [7, 11) is 1.72. The fourth-order valence-electron chi connectivity index (χ4n) is 1.91. The van der Waals surface area contributed by atoms with Crippen molar-refractivity contribution < 1.29 is 9.18 Å². The molecule has 0 atom stereocenters. The number of amides is 1. The molecular weight excluding hydrogens is 219 g/mol. The number of carbonyl (C=O) groups excluding carboxylic acids is 1. The average Bonchev–Trinajstić information content (AvgIpc) is 2.40. The number of nitrogens with one attached hydrogen (secondary N) is 1. The summed E-state index contributed by atoms with van der Waals surface area (Å²) in [5.41, 5.74) is 0. The van der Waals surface area contributed by atoms with Gasteiger partial charge in [-0.25, -0.2) is 4.39 Å². The Bertz CT molecular complexity index is 323. The third kappa shape index (κ3) is 5.43. The highest BCUT2D eigenvalue weighted by Gasteiger charge is 2.19. The zero-order valence-electron chi connectivity index (χ0n) is 10.2. The van der Waals surface area contributed by atoms with E-state index < -0.39 is 0 Å². The number of hydrogen-bond acceptors (Lipinski definition) is 2. The van der Waals surface area contributed by atoms with E-state index in [2.05, 4.69) is 10.3 Å².